The molecule has 3 N–H and O–H groups in total. The summed E-state index contributed by atoms with van der Waals surface area (Å²) in [5, 5.41) is 17.9. The topological polar surface area (TPSA) is 98.5 Å². The molecule has 0 saturated carbocycles. The van der Waals surface area contributed by atoms with Crippen LogP contribution in [0.25, 0.3) is 0 Å². The molecule has 0 saturated heterocycles. The van der Waals surface area contributed by atoms with E-state index in [9.17, 15) is 4.79 Å². The average molecular weight is 345 g/mol. The zero-order valence-electron chi connectivity index (χ0n) is 15.3. The van der Waals surface area contributed by atoms with Crippen molar-refractivity contribution in [2.45, 2.75) is 39.3 Å². The first-order valence-electron chi connectivity index (χ1n) is 8.24. The van der Waals surface area contributed by atoms with Gasteiger partial charge in [0.2, 0.25) is 0 Å². The van der Waals surface area contributed by atoms with Crippen molar-refractivity contribution in [3.05, 3.63) is 35.4 Å². The molecule has 0 aliphatic carbocycles. The van der Waals surface area contributed by atoms with Gasteiger partial charge >= 0.3 is 6.09 Å². The monoisotopic (exact) mass is 345 g/mol. The highest BCUT2D eigenvalue weighted by Gasteiger charge is 2.15. The van der Waals surface area contributed by atoms with Crippen LogP contribution in [0.1, 0.15) is 38.3 Å². The number of alkyl carbamates (subject to hydrolysis) is 1. The maximum atomic E-state index is 11.5. The number of aliphatic imine (C=N–C) groups is 1. The van der Waals surface area contributed by atoms with Crippen molar-refractivity contribution in [1.82, 2.24) is 16.0 Å². The average Bonchev–Trinajstić information content (AvgIpc) is 2.56. The van der Waals surface area contributed by atoms with Crippen LogP contribution in [0.2, 0.25) is 0 Å². The Morgan fingerprint density at radius 3 is 2.36 bits per heavy atom. The van der Waals surface area contributed by atoms with Crippen molar-refractivity contribution in [1.29, 1.82) is 5.26 Å². The minimum absolute atomic E-state index is 0.407. The Morgan fingerprint density at radius 1 is 1.16 bits per heavy atom. The zero-order chi connectivity index (χ0) is 18.7. The Bertz CT molecular complexity index is 612. The van der Waals surface area contributed by atoms with Gasteiger partial charge < -0.3 is 20.7 Å². The Morgan fingerprint density at radius 2 is 1.80 bits per heavy atom. The first-order chi connectivity index (χ1) is 11.8. The summed E-state index contributed by atoms with van der Waals surface area (Å²) in [6.07, 6.45) is 0.340. The minimum atomic E-state index is -0.486. The molecule has 0 unspecified atom stereocenters. The fourth-order valence-electron chi connectivity index (χ4n) is 1.90. The van der Waals surface area contributed by atoms with Gasteiger partial charge in [0.1, 0.15) is 5.60 Å². The number of carbonyl (C=O) groups is 1. The maximum absolute atomic E-state index is 11.5. The second-order valence-corrected chi connectivity index (χ2v) is 6.44. The number of guanidine groups is 1. The molecule has 1 rings (SSSR count). The number of rotatable bonds is 6. The van der Waals surface area contributed by atoms with Gasteiger partial charge in [-0.15, -0.1) is 0 Å². The van der Waals surface area contributed by atoms with E-state index in [1.54, 1.807) is 19.2 Å². The lowest BCUT2D eigenvalue weighted by Gasteiger charge is -2.19. The van der Waals surface area contributed by atoms with Crippen molar-refractivity contribution in [2.24, 2.45) is 4.99 Å². The number of ether oxygens (including phenoxy) is 1. The molecule has 7 nitrogen and oxygen atoms in total. The van der Waals surface area contributed by atoms with E-state index in [-0.39, 0.29) is 0 Å². The molecule has 0 aromatic heterocycles. The molecule has 0 spiro atoms. The highest BCUT2D eigenvalue weighted by atomic mass is 16.6. The third kappa shape index (κ3) is 9.20. The van der Waals surface area contributed by atoms with Crippen LogP contribution in [-0.2, 0) is 11.3 Å². The van der Waals surface area contributed by atoms with Gasteiger partial charge in [0.05, 0.1) is 11.6 Å². The van der Waals surface area contributed by atoms with E-state index < -0.39 is 11.7 Å². The Hall–Kier alpha value is -2.75. The van der Waals surface area contributed by atoms with E-state index in [1.807, 2.05) is 32.9 Å². The predicted molar refractivity (Wildman–Crippen MR) is 98.2 cm³/mol. The fourth-order valence-corrected chi connectivity index (χ4v) is 1.90. The number of hydrogen-bond donors (Lipinski definition) is 3. The lowest BCUT2D eigenvalue weighted by Crippen LogP contribution is -2.39. The number of carbonyl (C=O) groups excluding carboxylic acids is 1. The lowest BCUT2D eigenvalue weighted by atomic mass is 10.1. The lowest BCUT2D eigenvalue weighted by molar-refractivity contribution is 0.0527. The molecule has 1 aromatic carbocycles. The van der Waals surface area contributed by atoms with E-state index in [1.165, 1.54) is 0 Å². The van der Waals surface area contributed by atoms with Crippen LogP contribution in [-0.4, -0.2) is 37.8 Å². The zero-order valence-corrected chi connectivity index (χ0v) is 15.3. The Labute approximate surface area is 149 Å². The molecule has 0 bridgehead atoms. The minimum Gasteiger partial charge on any atom is -0.444 e. The van der Waals surface area contributed by atoms with E-state index in [4.69, 9.17) is 10.00 Å². The van der Waals surface area contributed by atoms with Gasteiger partial charge in [0.15, 0.2) is 5.96 Å². The van der Waals surface area contributed by atoms with E-state index in [2.05, 4.69) is 27.0 Å². The molecule has 0 radical (unpaired) electrons. The van der Waals surface area contributed by atoms with Crippen LogP contribution >= 0.6 is 0 Å². The SMILES string of the molecule is CN=C(NCCCNC(=O)OC(C)(C)C)NCc1ccc(C#N)cc1. The van der Waals surface area contributed by atoms with Crippen molar-refractivity contribution < 1.29 is 9.53 Å². The number of nitrogens with zero attached hydrogens (tertiary/aromatic N) is 2. The molecule has 25 heavy (non-hydrogen) atoms. The van der Waals surface area contributed by atoms with Crippen molar-refractivity contribution in [2.75, 3.05) is 20.1 Å². The summed E-state index contributed by atoms with van der Waals surface area (Å²) in [7, 11) is 1.70. The number of hydrogen-bond acceptors (Lipinski definition) is 4. The first-order valence-corrected chi connectivity index (χ1v) is 8.24. The normalized spacial score (nSPS) is 11.4. The molecule has 7 heteroatoms. The van der Waals surface area contributed by atoms with Gasteiger partial charge in [-0.25, -0.2) is 4.79 Å². The van der Waals surface area contributed by atoms with Crippen LogP contribution in [0.4, 0.5) is 4.79 Å². The summed E-state index contributed by atoms with van der Waals surface area (Å²) in [6, 6.07) is 9.48. The molecule has 0 atom stereocenters. The molecule has 0 heterocycles. The third-order valence-corrected chi connectivity index (χ3v) is 3.08. The number of nitriles is 1. The van der Waals surface area contributed by atoms with Crippen LogP contribution < -0.4 is 16.0 Å². The Balaban J connectivity index is 2.22. The van der Waals surface area contributed by atoms with Gasteiger partial charge in [-0.2, -0.15) is 5.26 Å². The van der Waals surface area contributed by atoms with Crippen LogP contribution in [0.15, 0.2) is 29.3 Å². The van der Waals surface area contributed by atoms with Crippen molar-refractivity contribution in [3.63, 3.8) is 0 Å². The quantitative estimate of drug-likeness (QED) is 0.417. The molecular formula is C18H27N5O2. The van der Waals surface area contributed by atoms with Crippen molar-refractivity contribution >= 4 is 12.1 Å². The maximum Gasteiger partial charge on any atom is 0.407 e. The second kappa shape index (κ2) is 10.2. The highest BCUT2D eigenvalue weighted by molar-refractivity contribution is 5.79. The second-order valence-electron chi connectivity index (χ2n) is 6.44. The third-order valence-electron chi connectivity index (χ3n) is 3.08. The summed E-state index contributed by atoms with van der Waals surface area (Å²) in [6.45, 7) is 7.30. The predicted octanol–water partition coefficient (Wildman–Crippen LogP) is 2.14. The van der Waals surface area contributed by atoms with Crippen LogP contribution in [0.3, 0.4) is 0 Å². The number of amides is 1. The fraction of sp³-hybridized carbons (Fsp3) is 0.500. The first kappa shape index (κ1) is 20.3. The van der Waals surface area contributed by atoms with E-state index in [0.717, 1.165) is 12.0 Å². The largest absolute Gasteiger partial charge is 0.444 e. The molecule has 1 amide bonds. The summed E-state index contributed by atoms with van der Waals surface area (Å²) < 4.78 is 5.16. The van der Waals surface area contributed by atoms with Gasteiger partial charge in [-0.1, -0.05) is 12.1 Å². The molecule has 0 aliphatic heterocycles. The van der Waals surface area contributed by atoms with E-state index in [0.29, 0.717) is 31.2 Å². The van der Waals surface area contributed by atoms with Crippen LogP contribution in [0, 0.1) is 11.3 Å². The molecular weight excluding hydrogens is 318 g/mol. The summed E-state index contributed by atoms with van der Waals surface area (Å²) in [5.74, 6) is 0.682. The summed E-state index contributed by atoms with van der Waals surface area (Å²) in [5.41, 5.74) is 1.22. The number of nitrogens with one attached hydrogen (secondary N) is 3. The van der Waals surface area contributed by atoms with Gasteiger partial charge in [-0.05, 0) is 44.9 Å². The summed E-state index contributed by atoms with van der Waals surface area (Å²) in [4.78, 5) is 15.7. The number of benzene rings is 1. The molecule has 136 valence electrons. The Kier molecular flexibility index (Phi) is 8.27. The van der Waals surface area contributed by atoms with Crippen LogP contribution in [0.5, 0.6) is 0 Å². The smallest absolute Gasteiger partial charge is 0.407 e. The van der Waals surface area contributed by atoms with Gasteiger partial charge in [0, 0.05) is 26.7 Å². The molecule has 1 aromatic rings. The molecule has 0 aliphatic rings. The standard InChI is InChI=1S/C18H27N5O2/c1-18(2,3)25-17(24)22-11-5-10-21-16(20-4)23-13-15-8-6-14(12-19)7-9-15/h6-9H,5,10-11,13H2,1-4H3,(H,22,24)(H2,20,21,23). The highest BCUT2D eigenvalue weighted by Crippen LogP contribution is 2.06. The summed E-state index contributed by atoms with van der Waals surface area (Å²) >= 11 is 0. The van der Waals surface area contributed by atoms with E-state index >= 15 is 0 Å². The molecule has 0 fully saturated rings. The van der Waals surface area contributed by atoms with Gasteiger partial charge in [0.25, 0.3) is 0 Å². The van der Waals surface area contributed by atoms with Crippen molar-refractivity contribution in [3.8, 4) is 6.07 Å². The van der Waals surface area contributed by atoms with Gasteiger partial charge in [-0.3, -0.25) is 4.99 Å².